The van der Waals surface area contributed by atoms with Gasteiger partial charge < -0.3 is 23.5 Å². The number of fused-ring (bicyclic) bond motifs is 1. The van der Waals surface area contributed by atoms with Gasteiger partial charge in [0, 0.05) is 25.3 Å². The average Bonchev–Trinajstić information content (AvgIpc) is 2.96. The van der Waals surface area contributed by atoms with Crippen LogP contribution in [0.4, 0.5) is 0 Å². The molecule has 0 fully saturated rings. The van der Waals surface area contributed by atoms with Crippen molar-refractivity contribution in [2.24, 2.45) is 0 Å². The van der Waals surface area contributed by atoms with E-state index in [1.807, 2.05) is 25.1 Å². The second-order valence-electron chi connectivity index (χ2n) is 5.79. The zero-order valence-electron chi connectivity index (χ0n) is 14.1. The minimum atomic E-state index is -0.156. The molecular formula is C18H21NO5. The number of hydrogen-bond donors (Lipinski definition) is 0. The SMILES string of the molecule is COCc1ccc(C(=O)N2Cc3ccc(OC)cc3OC(C)C2)o1. The summed E-state index contributed by atoms with van der Waals surface area (Å²) in [5, 5.41) is 0. The van der Waals surface area contributed by atoms with E-state index in [4.69, 9.17) is 18.6 Å². The summed E-state index contributed by atoms with van der Waals surface area (Å²) in [4.78, 5) is 14.5. The summed E-state index contributed by atoms with van der Waals surface area (Å²) in [5.41, 5.74) is 0.942. The van der Waals surface area contributed by atoms with E-state index in [2.05, 4.69) is 0 Å². The number of hydrogen-bond acceptors (Lipinski definition) is 5. The van der Waals surface area contributed by atoms with Gasteiger partial charge in [0.15, 0.2) is 5.76 Å². The highest BCUT2D eigenvalue weighted by atomic mass is 16.5. The number of furan rings is 1. The van der Waals surface area contributed by atoms with Crippen LogP contribution in [0.25, 0.3) is 0 Å². The quantitative estimate of drug-likeness (QED) is 0.862. The molecule has 1 atom stereocenters. The lowest BCUT2D eigenvalue weighted by molar-refractivity contribution is 0.0652. The normalized spacial score (nSPS) is 17.0. The summed E-state index contributed by atoms with van der Waals surface area (Å²) >= 11 is 0. The molecule has 24 heavy (non-hydrogen) atoms. The Morgan fingerprint density at radius 3 is 2.88 bits per heavy atom. The fourth-order valence-electron chi connectivity index (χ4n) is 2.76. The van der Waals surface area contributed by atoms with E-state index in [1.165, 1.54) is 0 Å². The minimum absolute atomic E-state index is 0.129. The number of carbonyl (C=O) groups is 1. The second kappa shape index (κ2) is 6.97. The van der Waals surface area contributed by atoms with Crippen LogP contribution in [0, 0.1) is 0 Å². The fraction of sp³-hybridized carbons (Fsp3) is 0.389. The monoisotopic (exact) mass is 331 g/mol. The van der Waals surface area contributed by atoms with Gasteiger partial charge in [0.1, 0.15) is 30.0 Å². The summed E-state index contributed by atoms with van der Waals surface area (Å²) in [7, 11) is 3.20. The van der Waals surface area contributed by atoms with Gasteiger partial charge in [0.05, 0.1) is 13.7 Å². The van der Waals surface area contributed by atoms with Gasteiger partial charge in [-0.3, -0.25) is 4.79 Å². The van der Waals surface area contributed by atoms with Crippen molar-refractivity contribution in [2.45, 2.75) is 26.2 Å². The van der Waals surface area contributed by atoms with Gasteiger partial charge in [-0.05, 0) is 31.2 Å². The van der Waals surface area contributed by atoms with Crippen molar-refractivity contribution in [1.29, 1.82) is 0 Å². The van der Waals surface area contributed by atoms with Gasteiger partial charge in [-0.2, -0.15) is 0 Å². The number of amides is 1. The van der Waals surface area contributed by atoms with Gasteiger partial charge in [-0.15, -0.1) is 0 Å². The lowest BCUT2D eigenvalue weighted by Gasteiger charge is -2.21. The minimum Gasteiger partial charge on any atom is -0.497 e. The van der Waals surface area contributed by atoms with Gasteiger partial charge in [-0.25, -0.2) is 0 Å². The maximum Gasteiger partial charge on any atom is 0.289 e. The lowest BCUT2D eigenvalue weighted by atomic mass is 10.1. The first kappa shape index (κ1) is 16.4. The van der Waals surface area contributed by atoms with Crippen LogP contribution in [0.1, 0.15) is 28.8 Å². The topological polar surface area (TPSA) is 61.1 Å². The third-order valence-corrected chi connectivity index (χ3v) is 3.89. The van der Waals surface area contributed by atoms with Crippen molar-refractivity contribution in [3.8, 4) is 11.5 Å². The summed E-state index contributed by atoms with van der Waals surface area (Å²) in [5.74, 6) is 2.26. The molecule has 0 bridgehead atoms. The molecule has 1 aromatic heterocycles. The maximum atomic E-state index is 12.8. The molecule has 2 heterocycles. The first-order valence-electron chi connectivity index (χ1n) is 7.81. The molecule has 1 amide bonds. The van der Waals surface area contributed by atoms with Crippen molar-refractivity contribution in [3.63, 3.8) is 0 Å². The van der Waals surface area contributed by atoms with Crippen molar-refractivity contribution < 1.29 is 23.4 Å². The molecule has 0 N–H and O–H groups in total. The predicted octanol–water partition coefficient (Wildman–Crippen LogP) is 2.86. The lowest BCUT2D eigenvalue weighted by Crippen LogP contribution is -2.35. The molecule has 1 aliphatic heterocycles. The van der Waals surface area contributed by atoms with Crippen molar-refractivity contribution in [2.75, 3.05) is 20.8 Å². The Labute approximate surface area is 140 Å². The van der Waals surface area contributed by atoms with Crippen LogP contribution in [0.2, 0.25) is 0 Å². The molecule has 1 unspecified atom stereocenters. The predicted molar refractivity (Wildman–Crippen MR) is 87.2 cm³/mol. The largest absolute Gasteiger partial charge is 0.497 e. The van der Waals surface area contributed by atoms with Crippen LogP contribution in [0.15, 0.2) is 34.7 Å². The van der Waals surface area contributed by atoms with E-state index in [1.54, 1.807) is 31.3 Å². The third kappa shape index (κ3) is 3.38. The van der Waals surface area contributed by atoms with Crippen LogP contribution in [-0.2, 0) is 17.9 Å². The van der Waals surface area contributed by atoms with Crippen LogP contribution in [0.3, 0.4) is 0 Å². The number of ether oxygens (including phenoxy) is 3. The molecule has 1 aliphatic rings. The highest BCUT2D eigenvalue weighted by molar-refractivity contribution is 5.91. The summed E-state index contributed by atoms with van der Waals surface area (Å²) in [6, 6.07) is 9.08. The van der Waals surface area contributed by atoms with Gasteiger partial charge in [0.25, 0.3) is 5.91 Å². The van der Waals surface area contributed by atoms with E-state index in [0.29, 0.717) is 31.2 Å². The molecule has 1 aromatic carbocycles. The Balaban J connectivity index is 1.83. The molecule has 6 nitrogen and oxygen atoms in total. The molecule has 3 rings (SSSR count). The Hall–Kier alpha value is -2.47. The van der Waals surface area contributed by atoms with Crippen LogP contribution >= 0.6 is 0 Å². The highest BCUT2D eigenvalue weighted by Gasteiger charge is 2.26. The first-order valence-corrected chi connectivity index (χ1v) is 7.81. The van der Waals surface area contributed by atoms with Gasteiger partial charge in [0.2, 0.25) is 0 Å². The first-order chi connectivity index (χ1) is 11.6. The number of carbonyl (C=O) groups excluding carboxylic acids is 1. The summed E-state index contributed by atoms with van der Waals surface area (Å²) in [6.45, 7) is 3.22. The number of methoxy groups -OCH3 is 2. The van der Waals surface area contributed by atoms with E-state index in [0.717, 1.165) is 17.1 Å². The van der Waals surface area contributed by atoms with E-state index in [9.17, 15) is 4.79 Å². The van der Waals surface area contributed by atoms with Gasteiger partial charge >= 0.3 is 0 Å². The molecule has 128 valence electrons. The molecular weight excluding hydrogens is 310 g/mol. The van der Waals surface area contributed by atoms with Crippen LogP contribution in [-0.4, -0.2) is 37.7 Å². The maximum absolute atomic E-state index is 12.8. The molecule has 0 spiro atoms. The Morgan fingerprint density at radius 1 is 1.29 bits per heavy atom. The molecule has 0 saturated heterocycles. The zero-order valence-corrected chi connectivity index (χ0v) is 14.1. The van der Waals surface area contributed by atoms with Crippen LogP contribution < -0.4 is 9.47 Å². The summed E-state index contributed by atoms with van der Waals surface area (Å²) in [6.07, 6.45) is -0.129. The van der Waals surface area contributed by atoms with Crippen molar-refractivity contribution in [1.82, 2.24) is 4.90 Å². The fourth-order valence-corrected chi connectivity index (χ4v) is 2.76. The van der Waals surface area contributed by atoms with E-state index in [-0.39, 0.29) is 12.0 Å². The number of benzene rings is 1. The second-order valence-corrected chi connectivity index (χ2v) is 5.79. The standard InChI is InChI=1S/C18H21NO5/c1-12-9-19(18(20)16-7-6-15(24-16)11-21-2)10-13-4-5-14(22-3)8-17(13)23-12/h4-8,12H,9-11H2,1-3H3. The van der Waals surface area contributed by atoms with E-state index < -0.39 is 0 Å². The van der Waals surface area contributed by atoms with Crippen molar-refractivity contribution >= 4 is 5.91 Å². The highest BCUT2D eigenvalue weighted by Crippen LogP contribution is 2.30. The molecule has 0 radical (unpaired) electrons. The molecule has 0 aliphatic carbocycles. The number of nitrogens with zero attached hydrogens (tertiary/aromatic N) is 1. The Kier molecular flexibility index (Phi) is 4.76. The van der Waals surface area contributed by atoms with E-state index >= 15 is 0 Å². The molecule has 0 saturated carbocycles. The Bertz CT molecular complexity index is 724. The Morgan fingerprint density at radius 2 is 2.12 bits per heavy atom. The number of rotatable bonds is 4. The average molecular weight is 331 g/mol. The van der Waals surface area contributed by atoms with Gasteiger partial charge in [-0.1, -0.05) is 0 Å². The third-order valence-electron chi connectivity index (χ3n) is 3.89. The summed E-state index contributed by atoms with van der Waals surface area (Å²) < 4.78 is 21.8. The molecule has 2 aromatic rings. The molecule has 6 heteroatoms. The van der Waals surface area contributed by atoms with Crippen LogP contribution in [0.5, 0.6) is 11.5 Å². The van der Waals surface area contributed by atoms with Crippen molar-refractivity contribution in [3.05, 3.63) is 47.4 Å². The smallest absolute Gasteiger partial charge is 0.289 e. The zero-order chi connectivity index (χ0) is 17.1.